The molecule has 6 heteroatoms. The molecule has 1 aliphatic rings. The average Bonchev–Trinajstić information content (AvgIpc) is 3.22. The second kappa shape index (κ2) is 7.00. The van der Waals surface area contributed by atoms with Gasteiger partial charge in [0.05, 0.1) is 5.69 Å². The molecule has 4 nitrogen and oxygen atoms in total. The van der Waals surface area contributed by atoms with Gasteiger partial charge in [-0.2, -0.15) is 4.98 Å². The Kier molecular flexibility index (Phi) is 4.94. The number of nitrogens with zero attached hydrogens (tertiary/aromatic N) is 4. The molecule has 1 aromatic heterocycles. The minimum absolute atomic E-state index is 0. The molecule has 25 heavy (non-hydrogen) atoms. The van der Waals surface area contributed by atoms with Gasteiger partial charge in [0.2, 0.25) is 0 Å². The highest BCUT2D eigenvalue weighted by Gasteiger charge is 2.41. The molecule has 1 atom stereocenters. The molecule has 2 aromatic carbocycles. The van der Waals surface area contributed by atoms with Crippen molar-refractivity contribution in [1.29, 1.82) is 0 Å². The second-order valence-corrected chi connectivity index (χ2v) is 6.91. The van der Waals surface area contributed by atoms with Crippen LogP contribution in [-0.4, -0.2) is 4.98 Å². The van der Waals surface area contributed by atoms with E-state index in [1.807, 2.05) is 55.5 Å². The summed E-state index contributed by atoms with van der Waals surface area (Å²) in [6.45, 7) is 4.12. The third kappa shape index (κ3) is 3.08. The van der Waals surface area contributed by atoms with Crippen molar-refractivity contribution in [3.05, 3.63) is 83.0 Å². The van der Waals surface area contributed by atoms with Crippen LogP contribution >= 0.6 is 11.3 Å². The molecule has 1 aliphatic heterocycles. The summed E-state index contributed by atoms with van der Waals surface area (Å²) in [4.78, 5) is 5.97. The number of thiazole rings is 1. The lowest BCUT2D eigenvalue weighted by Gasteiger charge is -2.19. The minimum atomic E-state index is 0. The fourth-order valence-corrected chi connectivity index (χ4v) is 3.66. The number of halogens is 1. The summed E-state index contributed by atoms with van der Waals surface area (Å²) in [7, 11) is 0. The van der Waals surface area contributed by atoms with Crippen LogP contribution in [0.1, 0.15) is 16.1 Å². The Labute approximate surface area is 161 Å². The van der Waals surface area contributed by atoms with E-state index in [0.29, 0.717) is 0 Å². The van der Waals surface area contributed by atoms with Gasteiger partial charge in [0, 0.05) is 27.8 Å². The first-order chi connectivity index (χ1) is 11.7. The Morgan fingerprint density at radius 3 is 2.12 bits per heavy atom. The Balaban J connectivity index is 0.00000182. The summed E-state index contributed by atoms with van der Waals surface area (Å²) in [6, 6.07) is 20.3. The molecule has 0 N–H and O–H groups in total. The standard InChI is InChI=1S/C19H17N4S.BrH/c1-14-15(2)24-19(20-14)23(17-11-7-4-8-12-17)13-18(21-22-23)16-9-5-3-6-10-16;/h3-13H,1-2H3;1H/q+1;/p-1. The maximum absolute atomic E-state index is 4.76. The van der Waals surface area contributed by atoms with Crippen LogP contribution < -0.4 is 21.6 Å². The quantitative estimate of drug-likeness (QED) is 0.609. The highest BCUT2D eigenvalue weighted by Crippen LogP contribution is 2.44. The topological polar surface area (TPSA) is 37.6 Å². The SMILES string of the molecule is Cc1nc([N+]2(c3ccccc3)C=C(c3ccccc3)N=N2)sc1C.[Br-]. The number of hydrogen-bond donors (Lipinski definition) is 0. The number of aryl methyl sites for hydroxylation is 2. The molecule has 0 amide bonds. The molecule has 0 saturated carbocycles. The number of rotatable bonds is 3. The van der Waals surface area contributed by atoms with Crippen molar-refractivity contribution in [3.63, 3.8) is 0 Å². The van der Waals surface area contributed by atoms with Crippen molar-refractivity contribution in [2.75, 3.05) is 0 Å². The van der Waals surface area contributed by atoms with Crippen LogP contribution in [0.5, 0.6) is 0 Å². The molecule has 0 saturated heterocycles. The Morgan fingerprint density at radius 2 is 1.52 bits per heavy atom. The van der Waals surface area contributed by atoms with Crippen LogP contribution in [0, 0.1) is 13.8 Å². The van der Waals surface area contributed by atoms with E-state index in [4.69, 9.17) is 4.98 Å². The lowest BCUT2D eigenvalue weighted by atomic mass is 10.2. The second-order valence-electron chi connectivity index (χ2n) is 5.73. The van der Waals surface area contributed by atoms with E-state index in [0.717, 1.165) is 27.8 Å². The molecule has 126 valence electrons. The zero-order chi connectivity index (χ0) is 16.6. The molecular weight excluding hydrogens is 396 g/mol. The monoisotopic (exact) mass is 412 g/mol. The smallest absolute Gasteiger partial charge is 0.325 e. The Hall–Kier alpha value is -2.15. The van der Waals surface area contributed by atoms with Crippen LogP contribution in [0.2, 0.25) is 0 Å². The van der Waals surface area contributed by atoms with Gasteiger partial charge in [-0.05, 0) is 13.8 Å². The Morgan fingerprint density at radius 1 is 0.880 bits per heavy atom. The zero-order valence-electron chi connectivity index (χ0n) is 13.9. The molecule has 2 heterocycles. The first kappa shape index (κ1) is 17.7. The van der Waals surface area contributed by atoms with Gasteiger partial charge in [0.15, 0.2) is 17.6 Å². The van der Waals surface area contributed by atoms with Crippen molar-refractivity contribution < 1.29 is 17.0 Å². The molecule has 0 aliphatic carbocycles. The number of aromatic nitrogens is 1. The van der Waals surface area contributed by atoms with Crippen LogP contribution in [0.4, 0.5) is 10.8 Å². The van der Waals surface area contributed by atoms with Crippen molar-refractivity contribution in [2.24, 2.45) is 10.3 Å². The minimum Gasteiger partial charge on any atom is -1.00 e. The molecule has 0 bridgehead atoms. The molecule has 4 rings (SSSR count). The fourth-order valence-electron chi connectivity index (χ4n) is 2.68. The average molecular weight is 413 g/mol. The van der Waals surface area contributed by atoms with Crippen LogP contribution in [0.15, 0.2) is 77.2 Å². The van der Waals surface area contributed by atoms with Crippen molar-refractivity contribution in [2.45, 2.75) is 13.8 Å². The summed E-state index contributed by atoms with van der Waals surface area (Å²) in [5, 5.41) is 10.0. The molecule has 0 fully saturated rings. The largest absolute Gasteiger partial charge is 1.00 e. The van der Waals surface area contributed by atoms with E-state index in [9.17, 15) is 0 Å². The maximum Gasteiger partial charge on any atom is 0.325 e. The highest BCUT2D eigenvalue weighted by molar-refractivity contribution is 7.15. The first-order valence-electron chi connectivity index (χ1n) is 7.79. The third-order valence-corrected chi connectivity index (χ3v) is 5.28. The van der Waals surface area contributed by atoms with Gasteiger partial charge in [-0.1, -0.05) is 69.6 Å². The van der Waals surface area contributed by atoms with Gasteiger partial charge in [-0.3, -0.25) is 0 Å². The van der Waals surface area contributed by atoms with Crippen molar-refractivity contribution in [3.8, 4) is 0 Å². The molecule has 3 aromatic rings. The van der Waals surface area contributed by atoms with E-state index in [2.05, 4.69) is 35.6 Å². The van der Waals surface area contributed by atoms with Crippen LogP contribution in [-0.2, 0) is 0 Å². The molecule has 0 spiro atoms. The van der Waals surface area contributed by atoms with Gasteiger partial charge in [0.1, 0.15) is 0 Å². The number of para-hydroxylation sites is 1. The number of hydrogen-bond acceptors (Lipinski definition) is 4. The van der Waals surface area contributed by atoms with E-state index >= 15 is 0 Å². The number of benzene rings is 2. The van der Waals surface area contributed by atoms with Crippen molar-refractivity contribution in [1.82, 2.24) is 9.58 Å². The fraction of sp³-hybridized carbons (Fsp3) is 0.105. The summed E-state index contributed by atoms with van der Waals surface area (Å²) < 4.78 is 0.185. The van der Waals surface area contributed by atoms with E-state index in [-0.39, 0.29) is 21.6 Å². The predicted octanol–water partition coefficient (Wildman–Crippen LogP) is 2.78. The van der Waals surface area contributed by atoms with Gasteiger partial charge in [-0.15, -0.1) is 0 Å². The van der Waals surface area contributed by atoms with E-state index < -0.39 is 0 Å². The van der Waals surface area contributed by atoms with Gasteiger partial charge < -0.3 is 17.0 Å². The van der Waals surface area contributed by atoms with Gasteiger partial charge >= 0.3 is 5.13 Å². The summed E-state index contributed by atoms with van der Waals surface area (Å²) in [6.07, 6.45) is 2.07. The lowest BCUT2D eigenvalue weighted by molar-refractivity contribution is -0.00000489. The maximum atomic E-state index is 4.76. The van der Waals surface area contributed by atoms with Crippen LogP contribution in [0.25, 0.3) is 5.70 Å². The molecule has 1 unspecified atom stereocenters. The van der Waals surface area contributed by atoms with Crippen molar-refractivity contribution >= 4 is 27.9 Å². The van der Waals surface area contributed by atoms with Crippen LogP contribution in [0.3, 0.4) is 0 Å². The molecule has 0 radical (unpaired) electrons. The highest BCUT2D eigenvalue weighted by atomic mass is 79.9. The normalized spacial score (nSPS) is 18.7. The third-order valence-electron chi connectivity index (χ3n) is 4.13. The first-order valence-corrected chi connectivity index (χ1v) is 8.61. The summed E-state index contributed by atoms with van der Waals surface area (Å²) in [5.41, 5.74) is 3.99. The molecular formula is C19H17BrN4S. The Bertz CT molecular complexity index is 915. The van der Waals surface area contributed by atoms with E-state index in [1.54, 1.807) is 11.3 Å². The number of quaternary nitrogens is 1. The summed E-state index contributed by atoms with van der Waals surface area (Å²) >= 11 is 1.67. The van der Waals surface area contributed by atoms with E-state index in [1.165, 1.54) is 4.88 Å². The predicted molar refractivity (Wildman–Crippen MR) is 98.8 cm³/mol. The zero-order valence-corrected chi connectivity index (χ0v) is 16.3. The van der Waals surface area contributed by atoms with Gasteiger partial charge in [-0.25, -0.2) is 0 Å². The van der Waals surface area contributed by atoms with Gasteiger partial charge in [0.25, 0.3) is 0 Å². The lowest BCUT2D eigenvalue weighted by Crippen LogP contribution is -3.00. The summed E-state index contributed by atoms with van der Waals surface area (Å²) in [5.74, 6) is 0.